The van der Waals surface area contributed by atoms with E-state index in [0.717, 1.165) is 6.42 Å². The van der Waals surface area contributed by atoms with Crippen LogP contribution in [-0.4, -0.2) is 0 Å². The Morgan fingerprint density at radius 1 is 1.56 bits per heavy atom. The molecule has 52 valence electrons. The minimum absolute atomic E-state index is 0.234. The van der Waals surface area contributed by atoms with Crippen molar-refractivity contribution in [2.75, 3.05) is 0 Å². The van der Waals surface area contributed by atoms with E-state index in [1.54, 1.807) is 0 Å². The van der Waals surface area contributed by atoms with Gasteiger partial charge in [0.1, 0.15) is 5.83 Å². The average Bonchev–Trinajstić information content (AvgIpc) is 1.93. The quantitative estimate of drug-likeness (QED) is 0.395. The Bertz CT molecular complexity index is 92.7. The van der Waals surface area contributed by atoms with E-state index in [-0.39, 0.29) is 5.83 Å². The Morgan fingerprint density at radius 3 is 2.11 bits per heavy atom. The molecule has 0 saturated carbocycles. The van der Waals surface area contributed by atoms with Gasteiger partial charge in [-0.15, -0.1) is 13.2 Å². The molecule has 0 fully saturated rings. The van der Waals surface area contributed by atoms with Crippen molar-refractivity contribution in [3.63, 3.8) is 0 Å². The molecule has 0 radical (unpaired) electrons. The number of hydrogen-bond donors (Lipinski definition) is 0. The second kappa shape index (κ2) is 10.2. The summed E-state index contributed by atoms with van der Waals surface area (Å²) in [5.41, 5.74) is 0. The van der Waals surface area contributed by atoms with Crippen molar-refractivity contribution in [3.8, 4) is 0 Å². The van der Waals surface area contributed by atoms with Crippen LogP contribution in [0.2, 0.25) is 0 Å². The number of halogens is 1. The van der Waals surface area contributed by atoms with Gasteiger partial charge >= 0.3 is 0 Å². The van der Waals surface area contributed by atoms with Crippen LogP contribution in [0.15, 0.2) is 37.7 Å². The second-order valence-electron chi connectivity index (χ2n) is 1.20. The van der Waals surface area contributed by atoms with Crippen LogP contribution in [0, 0.1) is 0 Å². The largest absolute Gasteiger partial charge is 0.207 e. The number of allylic oxidation sites excluding steroid dienone is 3. The van der Waals surface area contributed by atoms with Gasteiger partial charge in [0.15, 0.2) is 0 Å². The van der Waals surface area contributed by atoms with Gasteiger partial charge in [0, 0.05) is 0 Å². The normalized spacial score (nSPS) is 9.33. The predicted molar refractivity (Wildman–Crippen MR) is 40.9 cm³/mol. The summed E-state index contributed by atoms with van der Waals surface area (Å²) in [7, 11) is 0. The van der Waals surface area contributed by atoms with Crippen molar-refractivity contribution in [2.45, 2.75) is 13.3 Å². The fourth-order valence-electron chi connectivity index (χ4n) is 0.278. The summed E-state index contributed by atoms with van der Waals surface area (Å²) in [5, 5.41) is 0. The lowest BCUT2D eigenvalue weighted by molar-refractivity contribution is 0.662. The Labute approximate surface area is 56.4 Å². The first kappa shape index (κ1) is 11.0. The smallest absolute Gasteiger partial charge is 0.118 e. The van der Waals surface area contributed by atoms with Gasteiger partial charge < -0.3 is 0 Å². The first-order valence-corrected chi connectivity index (χ1v) is 2.79. The fraction of sp³-hybridized carbons (Fsp3) is 0.250. The van der Waals surface area contributed by atoms with E-state index >= 15 is 0 Å². The maximum absolute atomic E-state index is 11.9. The molecule has 0 aliphatic rings. The van der Waals surface area contributed by atoms with Gasteiger partial charge in [0.2, 0.25) is 0 Å². The molecule has 0 aromatic rings. The van der Waals surface area contributed by atoms with Crippen molar-refractivity contribution >= 4 is 0 Å². The van der Waals surface area contributed by atoms with Crippen molar-refractivity contribution in [1.82, 2.24) is 0 Å². The highest BCUT2D eigenvalue weighted by Crippen LogP contribution is 1.96. The Hall–Kier alpha value is -0.850. The molecule has 0 aliphatic carbocycles. The first-order valence-electron chi connectivity index (χ1n) is 2.79. The molecule has 1 heteroatoms. The van der Waals surface area contributed by atoms with Crippen LogP contribution in [0.1, 0.15) is 13.3 Å². The third-order valence-electron chi connectivity index (χ3n) is 0.594. The van der Waals surface area contributed by atoms with Crippen LogP contribution in [-0.2, 0) is 0 Å². The van der Waals surface area contributed by atoms with Gasteiger partial charge in [-0.05, 0) is 18.6 Å². The van der Waals surface area contributed by atoms with E-state index in [4.69, 9.17) is 0 Å². The SMILES string of the molecule is C=C.C=C/C(F)=C\CC. The average molecular weight is 128 g/mol. The highest BCUT2D eigenvalue weighted by molar-refractivity contribution is 5.06. The molecule has 0 rings (SSSR count). The van der Waals surface area contributed by atoms with Crippen molar-refractivity contribution in [2.24, 2.45) is 0 Å². The molecule has 0 saturated heterocycles. The van der Waals surface area contributed by atoms with E-state index in [1.165, 1.54) is 12.2 Å². The highest BCUT2D eigenvalue weighted by atomic mass is 19.1. The Morgan fingerprint density at radius 2 is 2.00 bits per heavy atom. The molecule has 0 nitrogen and oxygen atoms in total. The van der Waals surface area contributed by atoms with Gasteiger partial charge in [-0.2, -0.15) is 0 Å². The van der Waals surface area contributed by atoms with Crippen molar-refractivity contribution in [1.29, 1.82) is 0 Å². The highest BCUT2D eigenvalue weighted by Gasteiger charge is 1.77. The van der Waals surface area contributed by atoms with Gasteiger partial charge in [0.25, 0.3) is 0 Å². The zero-order valence-electron chi connectivity index (χ0n) is 5.86. The van der Waals surface area contributed by atoms with Crippen LogP contribution in [0.5, 0.6) is 0 Å². The number of rotatable bonds is 2. The first-order chi connectivity index (χ1) is 4.31. The minimum atomic E-state index is -0.234. The number of hydrogen-bond acceptors (Lipinski definition) is 0. The summed E-state index contributed by atoms with van der Waals surface area (Å²) in [6.07, 6.45) is 3.41. The van der Waals surface area contributed by atoms with Crippen LogP contribution < -0.4 is 0 Å². The molecule has 0 spiro atoms. The lowest BCUT2D eigenvalue weighted by Crippen LogP contribution is -1.59. The summed E-state index contributed by atoms with van der Waals surface area (Å²) in [6.45, 7) is 11.1. The van der Waals surface area contributed by atoms with Crippen molar-refractivity contribution < 1.29 is 4.39 Å². The summed E-state index contributed by atoms with van der Waals surface area (Å²) in [5.74, 6) is -0.234. The lowest BCUT2D eigenvalue weighted by atomic mass is 10.4. The van der Waals surface area contributed by atoms with E-state index < -0.39 is 0 Å². The lowest BCUT2D eigenvalue weighted by Gasteiger charge is -1.78. The Kier molecular flexibility index (Phi) is 12.5. The molecule has 0 N–H and O–H groups in total. The molecular formula is C8H13F. The molecule has 0 amide bonds. The fourth-order valence-corrected chi connectivity index (χ4v) is 0.278. The zero-order valence-corrected chi connectivity index (χ0v) is 5.86. The van der Waals surface area contributed by atoms with E-state index in [1.807, 2.05) is 6.92 Å². The summed E-state index contributed by atoms with van der Waals surface area (Å²) >= 11 is 0. The predicted octanol–water partition coefficient (Wildman–Crippen LogP) is 3.24. The van der Waals surface area contributed by atoms with Crippen LogP contribution in [0.25, 0.3) is 0 Å². The minimum Gasteiger partial charge on any atom is -0.207 e. The third-order valence-corrected chi connectivity index (χ3v) is 0.594. The summed E-state index contributed by atoms with van der Waals surface area (Å²) in [4.78, 5) is 0. The van der Waals surface area contributed by atoms with Gasteiger partial charge in [-0.25, -0.2) is 4.39 Å². The molecule has 9 heavy (non-hydrogen) atoms. The third kappa shape index (κ3) is 11.0. The summed E-state index contributed by atoms with van der Waals surface area (Å²) in [6, 6.07) is 0. The zero-order chi connectivity index (χ0) is 7.70. The van der Waals surface area contributed by atoms with Gasteiger partial charge in [-0.1, -0.05) is 13.5 Å². The molecule has 0 heterocycles. The van der Waals surface area contributed by atoms with Crippen LogP contribution in [0.3, 0.4) is 0 Å². The monoisotopic (exact) mass is 128 g/mol. The van der Waals surface area contributed by atoms with E-state index in [0.29, 0.717) is 0 Å². The van der Waals surface area contributed by atoms with E-state index in [2.05, 4.69) is 19.7 Å². The second-order valence-corrected chi connectivity index (χ2v) is 1.20. The van der Waals surface area contributed by atoms with E-state index in [9.17, 15) is 4.39 Å². The van der Waals surface area contributed by atoms with Crippen LogP contribution in [0.4, 0.5) is 4.39 Å². The maximum atomic E-state index is 11.9. The molecule has 0 bridgehead atoms. The standard InChI is InChI=1S/C6H9F.C2H4/c1-3-5-6(7)4-2;1-2/h4-5H,2-3H2,1H3;1-2H2/b6-5+;. The molecule has 0 atom stereocenters. The molecule has 0 aromatic carbocycles. The molecule has 0 aliphatic heterocycles. The molecule has 0 unspecified atom stereocenters. The summed E-state index contributed by atoms with van der Waals surface area (Å²) < 4.78 is 11.9. The molecule has 0 aromatic heterocycles. The van der Waals surface area contributed by atoms with Gasteiger partial charge in [0.05, 0.1) is 0 Å². The van der Waals surface area contributed by atoms with Gasteiger partial charge in [-0.3, -0.25) is 0 Å². The topological polar surface area (TPSA) is 0 Å². The Balaban J connectivity index is 0. The van der Waals surface area contributed by atoms with Crippen LogP contribution >= 0.6 is 0 Å². The van der Waals surface area contributed by atoms with Crippen molar-refractivity contribution in [3.05, 3.63) is 37.7 Å². The maximum Gasteiger partial charge on any atom is 0.118 e. The molecular weight excluding hydrogens is 115 g/mol.